The molecule has 3 rings (SSSR count). The molecule has 1 N–H and O–H groups in total. The van der Waals surface area contributed by atoms with Gasteiger partial charge in [0.1, 0.15) is 0 Å². The summed E-state index contributed by atoms with van der Waals surface area (Å²) in [6, 6.07) is 18.7. The summed E-state index contributed by atoms with van der Waals surface area (Å²) < 4.78 is 0. The second-order valence-corrected chi connectivity index (χ2v) is 6.23. The van der Waals surface area contributed by atoms with Crippen LogP contribution in [0.15, 0.2) is 54.6 Å². The molecular weight excluding hydrogens is 256 g/mol. The second-order valence-electron chi connectivity index (χ2n) is 6.23. The lowest BCUT2D eigenvalue weighted by Crippen LogP contribution is -2.01. The van der Waals surface area contributed by atoms with Crippen LogP contribution in [0.25, 0.3) is 11.1 Å². The fourth-order valence-corrected chi connectivity index (χ4v) is 3.39. The monoisotopic (exact) mass is 280 g/mol. The highest BCUT2D eigenvalue weighted by Crippen LogP contribution is 2.31. The topological polar surface area (TPSA) is 20.2 Å². The van der Waals surface area contributed by atoms with Crippen LogP contribution in [0, 0.1) is 5.92 Å². The van der Waals surface area contributed by atoms with E-state index in [0.717, 1.165) is 17.9 Å². The molecule has 0 spiro atoms. The van der Waals surface area contributed by atoms with Crippen molar-refractivity contribution < 1.29 is 5.11 Å². The van der Waals surface area contributed by atoms with Gasteiger partial charge in [0.15, 0.2) is 0 Å². The molecule has 1 aliphatic rings. The summed E-state index contributed by atoms with van der Waals surface area (Å²) in [6.07, 6.45) is 7.24. The Balaban J connectivity index is 1.60. The molecule has 0 aliphatic heterocycles. The van der Waals surface area contributed by atoms with Gasteiger partial charge in [-0.3, -0.25) is 0 Å². The smallest absolute Gasteiger partial charge is 0.0790 e. The molecule has 1 heteroatoms. The van der Waals surface area contributed by atoms with E-state index in [1.54, 1.807) is 0 Å². The summed E-state index contributed by atoms with van der Waals surface area (Å²) in [6.45, 7) is 0. The third-order valence-electron chi connectivity index (χ3n) is 4.73. The zero-order chi connectivity index (χ0) is 14.5. The van der Waals surface area contributed by atoms with E-state index < -0.39 is 0 Å². The highest BCUT2D eigenvalue weighted by Gasteiger charge is 2.17. The van der Waals surface area contributed by atoms with Crippen molar-refractivity contribution in [3.05, 3.63) is 60.2 Å². The number of hydrogen-bond donors (Lipinski definition) is 1. The first-order valence-electron chi connectivity index (χ1n) is 8.16. The fourth-order valence-electron chi connectivity index (χ4n) is 3.39. The molecule has 1 unspecified atom stereocenters. The summed E-state index contributed by atoms with van der Waals surface area (Å²) in [4.78, 5) is 0. The van der Waals surface area contributed by atoms with Gasteiger partial charge in [0.2, 0.25) is 0 Å². The average Bonchev–Trinajstić information content (AvgIpc) is 3.07. The predicted molar refractivity (Wildman–Crippen MR) is 88.0 cm³/mol. The van der Waals surface area contributed by atoms with Crippen LogP contribution in [0.2, 0.25) is 0 Å². The zero-order valence-electron chi connectivity index (χ0n) is 12.5. The molecule has 0 heterocycles. The Kier molecular flexibility index (Phi) is 4.72. The van der Waals surface area contributed by atoms with Gasteiger partial charge in [-0.05, 0) is 35.4 Å². The summed E-state index contributed by atoms with van der Waals surface area (Å²) >= 11 is 0. The van der Waals surface area contributed by atoms with Gasteiger partial charge < -0.3 is 5.11 Å². The van der Waals surface area contributed by atoms with Crippen LogP contribution in [-0.4, -0.2) is 5.11 Å². The number of aliphatic hydroxyl groups excluding tert-OH is 1. The van der Waals surface area contributed by atoms with Crippen LogP contribution >= 0.6 is 0 Å². The van der Waals surface area contributed by atoms with E-state index in [2.05, 4.69) is 48.5 Å². The molecule has 2 aromatic rings. The van der Waals surface area contributed by atoms with Crippen LogP contribution in [-0.2, 0) is 0 Å². The van der Waals surface area contributed by atoms with E-state index in [0.29, 0.717) is 0 Å². The maximum atomic E-state index is 10.3. The molecule has 2 aromatic carbocycles. The van der Waals surface area contributed by atoms with E-state index in [-0.39, 0.29) is 6.10 Å². The third-order valence-corrected chi connectivity index (χ3v) is 4.73. The van der Waals surface area contributed by atoms with E-state index in [1.165, 1.54) is 43.2 Å². The van der Waals surface area contributed by atoms with Crippen molar-refractivity contribution in [1.82, 2.24) is 0 Å². The highest BCUT2D eigenvalue weighted by molar-refractivity contribution is 5.63. The summed E-state index contributed by atoms with van der Waals surface area (Å²) in [5.74, 6) is 0.850. The molecule has 1 nitrogen and oxygen atoms in total. The van der Waals surface area contributed by atoms with Crippen LogP contribution in [0.3, 0.4) is 0 Å². The van der Waals surface area contributed by atoms with Crippen LogP contribution in [0.5, 0.6) is 0 Å². The molecule has 0 bridgehead atoms. The fraction of sp³-hybridized carbons (Fsp3) is 0.400. The van der Waals surface area contributed by atoms with Crippen molar-refractivity contribution in [2.45, 2.75) is 44.6 Å². The Bertz CT molecular complexity index is 538. The van der Waals surface area contributed by atoms with Crippen molar-refractivity contribution in [1.29, 1.82) is 0 Å². The van der Waals surface area contributed by atoms with E-state index >= 15 is 0 Å². The molecule has 0 saturated heterocycles. The Morgan fingerprint density at radius 1 is 0.857 bits per heavy atom. The number of aliphatic hydroxyl groups is 1. The number of hydrogen-bond acceptors (Lipinski definition) is 1. The quantitative estimate of drug-likeness (QED) is 0.782. The van der Waals surface area contributed by atoms with Crippen molar-refractivity contribution in [2.24, 2.45) is 5.92 Å². The molecular formula is C20H24O. The Labute approximate surface area is 127 Å². The first-order chi connectivity index (χ1) is 10.3. The maximum Gasteiger partial charge on any atom is 0.0790 e. The van der Waals surface area contributed by atoms with Gasteiger partial charge in [-0.2, -0.15) is 0 Å². The summed E-state index contributed by atoms with van der Waals surface area (Å²) in [5, 5.41) is 10.3. The lowest BCUT2D eigenvalue weighted by atomic mass is 9.95. The minimum Gasteiger partial charge on any atom is -0.388 e. The Hall–Kier alpha value is -1.60. The van der Waals surface area contributed by atoms with Gasteiger partial charge in [-0.15, -0.1) is 0 Å². The van der Waals surface area contributed by atoms with Gasteiger partial charge in [0, 0.05) is 0 Å². The molecule has 1 aliphatic carbocycles. The van der Waals surface area contributed by atoms with E-state index in [9.17, 15) is 5.11 Å². The highest BCUT2D eigenvalue weighted by atomic mass is 16.3. The standard InChI is InChI=1S/C20H24O/c21-20(15-10-16-6-4-5-7-16)19-13-11-18(12-14-19)17-8-2-1-3-9-17/h1-3,8-9,11-14,16,20-21H,4-7,10,15H2. The van der Waals surface area contributed by atoms with Gasteiger partial charge in [-0.25, -0.2) is 0 Å². The Morgan fingerprint density at radius 3 is 2.14 bits per heavy atom. The minimum absolute atomic E-state index is 0.310. The lowest BCUT2D eigenvalue weighted by Gasteiger charge is -2.14. The zero-order valence-corrected chi connectivity index (χ0v) is 12.5. The summed E-state index contributed by atoms with van der Waals surface area (Å²) in [5.41, 5.74) is 3.49. The lowest BCUT2D eigenvalue weighted by molar-refractivity contribution is 0.157. The van der Waals surface area contributed by atoms with Crippen LogP contribution < -0.4 is 0 Å². The van der Waals surface area contributed by atoms with Gasteiger partial charge >= 0.3 is 0 Å². The van der Waals surface area contributed by atoms with Crippen LogP contribution in [0.1, 0.15) is 50.2 Å². The van der Waals surface area contributed by atoms with Crippen molar-refractivity contribution in [3.63, 3.8) is 0 Å². The SMILES string of the molecule is OC(CCC1CCCC1)c1ccc(-c2ccccc2)cc1. The number of rotatable bonds is 5. The van der Waals surface area contributed by atoms with Crippen molar-refractivity contribution in [3.8, 4) is 11.1 Å². The molecule has 0 aromatic heterocycles. The van der Waals surface area contributed by atoms with Gasteiger partial charge in [0.25, 0.3) is 0 Å². The molecule has 0 amide bonds. The van der Waals surface area contributed by atoms with Crippen molar-refractivity contribution in [2.75, 3.05) is 0 Å². The van der Waals surface area contributed by atoms with E-state index in [1.807, 2.05) is 6.07 Å². The van der Waals surface area contributed by atoms with Gasteiger partial charge in [-0.1, -0.05) is 80.3 Å². The largest absolute Gasteiger partial charge is 0.388 e. The predicted octanol–water partition coefficient (Wildman–Crippen LogP) is 5.36. The molecule has 1 saturated carbocycles. The van der Waals surface area contributed by atoms with Gasteiger partial charge in [0.05, 0.1) is 6.10 Å². The van der Waals surface area contributed by atoms with Crippen LogP contribution in [0.4, 0.5) is 0 Å². The summed E-state index contributed by atoms with van der Waals surface area (Å²) in [7, 11) is 0. The first kappa shape index (κ1) is 14.3. The number of benzene rings is 2. The third kappa shape index (κ3) is 3.74. The second kappa shape index (κ2) is 6.91. The normalized spacial score (nSPS) is 17.0. The van der Waals surface area contributed by atoms with E-state index in [4.69, 9.17) is 0 Å². The molecule has 110 valence electrons. The molecule has 0 radical (unpaired) electrons. The van der Waals surface area contributed by atoms with Crippen molar-refractivity contribution >= 4 is 0 Å². The Morgan fingerprint density at radius 2 is 1.48 bits per heavy atom. The molecule has 1 atom stereocenters. The maximum absolute atomic E-state index is 10.3. The average molecular weight is 280 g/mol. The minimum atomic E-state index is -0.310. The molecule has 1 fully saturated rings. The molecule has 21 heavy (non-hydrogen) atoms. The first-order valence-corrected chi connectivity index (χ1v) is 8.16.